The van der Waals surface area contributed by atoms with Crippen molar-refractivity contribution in [1.29, 1.82) is 0 Å². The molecule has 1 heterocycles. The second kappa shape index (κ2) is 8.65. The van der Waals surface area contributed by atoms with Crippen molar-refractivity contribution in [3.63, 3.8) is 0 Å². The highest BCUT2D eigenvalue weighted by atomic mass is 32.2. The first-order chi connectivity index (χ1) is 12.9. The summed E-state index contributed by atoms with van der Waals surface area (Å²) >= 11 is 0. The van der Waals surface area contributed by atoms with Gasteiger partial charge in [0, 0.05) is 37.1 Å². The smallest absolute Gasteiger partial charge is 0.255 e. The van der Waals surface area contributed by atoms with Crippen molar-refractivity contribution in [3.05, 3.63) is 65.2 Å². The van der Waals surface area contributed by atoms with Crippen molar-refractivity contribution in [2.75, 3.05) is 37.9 Å². The summed E-state index contributed by atoms with van der Waals surface area (Å²) in [6.07, 6.45) is 1.18. The van der Waals surface area contributed by atoms with Crippen molar-refractivity contribution in [3.8, 4) is 0 Å². The molecule has 2 aromatic carbocycles. The van der Waals surface area contributed by atoms with E-state index in [1.807, 2.05) is 24.3 Å². The molecule has 1 aliphatic rings. The van der Waals surface area contributed by atoms with Gasteiger partial charge in [0.1, 0.15) is 0 Å². The van der Waals surface area contributed by atoms with Crippen LogP contribution in [0.15, 0.2) is 48.5 Å². The van der Waals surface area contributed by atoms with Gasteiger partial charge in [-0.2, -0.15) is 0 Å². The van der Waals surface area contributed by atoms with Crippen molar-refractivity contribution in [2.45, 2.75) is 12.3 Å². The van der Waals surface area contributed by atoms with Gasteiger partial charge in [0.15, 0.2) is 9.84 Å². The minimum Gasteiger partial charge on any atom is -0.379 e. The van der Waals surface area contributed by atoms with Crippen molar-refractivity contribution in [1.82, 2.24) is 4.90 Å². The molecular weight excluding hydrogens is 364 g/mol. The number of nitrogens with one attached hydrogen (secondary N) is 1. The molecule has 0 atom stereocenters. The number of morpholine rings is 1. The molecule has 1 saturated heterocycles. The minimum absolute atomic E-state index is 0.0790. The summed E-state index contributed by atoms with van der Waals surface area (Å²) in [5.74, 6) is -0.337. The van der Waals surface area contributed by atoms with E-state index in [9.17, 15) is 13.2 Å². The summed E-state index contributed by atoms with van der Waals surface area (Å²) in [6, 6.07) is 14.5. The number of sulfone groups is 1. The minimum atomic E-state index is -3.14. The topological polar surface area (TPSA) is 75.7 Å². The molecule has 0 unspecified atom stereocenters. The van der Waals surface area contributed by atoms with Crippen LogP contribution in [0.4, 0.5) is 5.69 Å². The Morgan fingerprint density at radius 1 is 1.07 bits per heavy atom. The fourth-order valence-electron chi connectivity index (χ4n) is 3.02. The zero-order valence-corrected chi connectivity index (χ0v) is 16.2. The highest BCUT2D eigenvalue weighted by molar-refractivity contribution is 7.89. The van der Waals surface area contributed by atoms with Crippen LogP contribution in [0.2, 0.25) is 0 Å². The fraction of sp³-hybridized carbons (Fsp3) is 0.350. The second-order valence-corrected chi connectivity index (χ2v) is 8.95. The Kier molecular flexibility index (Phi) is 6.26. The zero-order chi connectivity index (χ0) is 19.3. The van der Waals surface area contributed by atoms with Crippen LogP contribution in [0.3, 0.4) is 0 Å². The first-order valence-electron chi connectivity index (χ1n) is 8.86. The SMILES string of the molecule is CS(=O)(=O)Cc1cccc(C(=O)Nc2ccc(CN3CCOCC3)cc2)c1. The van der Waals surface area contributed by atoms with Crippen LogP contribution in [-0.4, -0.2) is 51.8 Å². The van der Waals surface area contributed by atoms with Crippen LogP contribution >= 0.6 is 0 Å². The van der Waals surface area contributed by atoms with E-state index in [0.717, 1.165) is 32.8 Å². The third kappa shape index (κ3) is 6.16. The zero-order valence-electron chi connectivity index (χ0n) is 15.3. The van der Waals surface area contributed by atoms with Crippen LogP contribution in [0.5, 0.6) is 0 Å². The van der Waals surface area contributed by atoms with Gasteiger partial charge in [0.05, 0.1) is 19.0 Å². The molecule has 144 valence electrons. The molecule has 0 aromatic heterocycles. The van der Waals surface area contributed by atoms with E-state index in [0.29, 0.717) is 16.8 Å². The summed E-state index contributed by atoms with van der Waals surface area (Å²) in [5.41, 5.74) is 2.93. The van der Waals surface area contributed by atoms with Crippen molar-refractivity contribution < 1.29 is 17.9 Å². The van der Waals surface area contributed by atoms with E-state index >= 15 is 0 Å². The Labute approximate surface area is 160 Å². The van der Waals surface area contributed by atoms with E-state index in [4.69, 9.17) is 4.74 Å². The number of hydrogen-bond donors (Lipinski definition) is 1. The lowest BCUT2D eigenvalue weighted by Gasteiger charge is -2.26. The Hall–Kier alpha value is -2.22. The number of nitrogens with zero attached hydrogens (tertiary/aromatic N) is 1. The predicted octanol–water partition coefficient (Wildman–Crippen LogP) is 2.32. The molecule has 7 heteroatoms. The number of anilines is 1. The number of amides is 1. The summed E-state index contributed by atoms with van der Waals surface area (Å²) in [6.45, 7) is 4.27. The van der Waals surface area contributed by atoms with Gasteiger partial charge in [-0.15, -0.1) is 0 Å². The average Bonchev–Trinajstić information content (AvgIpc) is 2.63. The van der Waals surface area contributed by atoms with Gasteiger partial charge >= 0.3 is 0 Å². The molecule has 0 saturated carbocycles. The van der Waals surface area contributed by atoms with E-state index in [2.05, 4.69) is 10.2 Å². The third-order valence-corrected chi connectivity index (χ3v) is 5.20. The summed E-state index contributed by atoms with van der Waals surface area (Å²) < 4.78 is 28.2. The molecule has 0 bridgehead atoms. The van der Waals surface area contributed by atoms with E-state index in [1.54, 1.807) is 24.3 Å². The predicted molar refractivity (Wildman–Crippen MR) is 105 cm³/mol. The lowest BCUT2D eigenvalue weighted by Crippen LogP contribution is -2.35. The van der Waals surface area contributed by atoms with Gasteiger partial charge in [0.25, 0.3) is 5.91 Å². The van der Waals surface area contributed by atoms with E-state index in [1.165, 1.54) is 11.8 Å². The van der Waals surface area contributed by atoms with Gasteiger partial charge in [-0.1, -0.05) is 24.3 Å². The largest absolute Gasteiger partial charge is 0.379 e. The molecular formula is C20H24N2O4S. The molecule has 27 heavy (non-hydrogen) atoms. The van der Waals surface area contributed by atoms with Crippen molar-refractivity contribution >= 4 is 21.4 Å². The summed E-state index contributed by atoms with van der Waals surface area (Å²) in [5, 5.41) is 2.86. The number of hydrogen-bond acceptors (Lipinski definition) is 5. The molecule has 1 N–H and O–H groups in total. The Morgan fingerprint density at radius 3 is 2.44 bits per heavy atom. The van der Waals surface area contributed by atoms with Crippen LogP contribution in [0.25, 0.3) is 0 Å². The monoisotopic (exact) mass is 388 g/mol. The number of ether oxygens (including phenoxy) is 1. The fourth-order valence-corrected chi connectivity index (χ4v) is 3.80. The molecule has 3 rings (SSSR count). The standard InChI is InChI=1S/C20H24N2O4S/c1-27(24,25)15-17-3-2-4-18(13-17)20(23)21-19-7-5-16(6-8-19)14-22-9-11-26-12-10-22/h2-8,13H,9-12,14-15H2,1H3,(H,21,23). The van der Waals surface area contributed by atoms with Crippen LogP contribution < -0.4 is 5.32 Å². The Morgan fingerprint density at radius 2 is 1.78 bits per heavy atom. The van der Waals surface area contributed by atoms with Gasteiger partial charge in [0.2, 0.25) is 0 Å². The molecule has 0 radical (unpaired) electrons. The van der Waals surface area contributed by atoms with Gasteiger partial charge < -0.3 is 10.1 Å². The number of rotatable bonds is 6. The molecule has 6 nitrogen and oxygen atoms in total. The van der Waals surface area contributed by atoms with Crippen LogP contribution in [-0.2, 0) is 26.9 Å². The van der Waals surface area contributed by atoms with Crippen molar-refractivity contribution in [2.24, 2.45) is 0 Å². The lowest BCUT2D eigenvalue weighted by molar-refractivity contribution is 0.0342. The van der Waals surface area contributed by atoms with Gasteiger partial charge in [-0.05, 0) is 35.4 Å². The highest BCUT2D eigenvalue weighted by Crippen LogP contribution is 2.15. The van der Waals surface area contributed by atoms with E-state index in [-0.39, 0.29) is 11.7 Å². The van der Waals surface area contributed by atoms with Crippen LogP contribution in [0, 0.1) is 0 Å². The summed E-state index contributed by atoms with van der Waals surface area (Å²) in [4.78, 5) is 14.8. The van der Waals surface area contributed by atoms with E-state index < -0.39 is 9.84 Å². The maximum Gasteiger partial charge on any atom is 0.255 e. The third-order valence-electron chi connectivity index (χ3n) is 4.34. The molecule has 2 aromatic rings. The number of benzene rings is 2. The average molecular weight is 388 g/mol. The van der Waals surface area contributed by atoms with Gasteiger partial charge in [-0.3, -0.25) is 9.69 Å². The first kappa shape index (κ1) is 19.5. The first-order valence-corrected chi connectivity index (χ1v) is 10.9. The maximum atomic E-state index is 12.5. The lowest BCUT2D eigenvalue weighted by atomic mass is 10.1. The second-order valence-electron chi connectivity index (χ2n) is 6.81. The summed E-state index contributed by atoms with van der Waals surface area (Å²) in [7, 11) is -3.14. The Bertz CT molecular complexity index is 888. The molecule has 0 spiro atoms. The molecule has 0 aliphatic carbocycles. The van der Waals surface area contributed by atoms with Crippen LogP contribution in [0.1, 0.15) is 21.5 Å². The molecule has 1 aliphatic heterocycles. The highest BCUT2D eigenvalue weighted by Gasteiger charge is 2.12. The quantitative estimate of drug-likeness (QED) is 0.822. The maximum absolute atomic E-state index is 12.5. The molecule has 1 fully saturated rings. The number of carbonyl (C=O) groups excluding carboxylic acids is 1. The Balaban J connectivity index is 1.61. The molecule has 1 amide bonds. The number of carbonyl (C=O) groups is 1. The van der Waals surface area contributed by atoms with Gasteiger partial charge in [-0.25, -0.2) is 8.42 Å². The normalized spacial score (nSPS) is 15.4.